The van der Waals surface area contributed by atoms with Gasteiger partial charge in [0.1, 0.15) is 22.6 Å². The van der Waals surface area contributed by atoms with Crippen LogP contribution in [-0.2, 0) is 19.1 Å². The Balaban J connectivity index is 2.85. The maximum Gasteiger partial charge on any atom is 0.320 e. The molecule has 0 aromatic rings. The molecule has 1 aliphatic carbocycles. The first kappa shape index (κ1) is 15.9. The van der Waals surface area contributed by atoms with Gasteiger partial charge < -0.3 is 4.74 Å². The van der Waals surface area contributed by atoms with Gasteiger partial charge in [0.25, 0.3) is 0 Å². The molecule has 0 aromatic heterocycles. The Labute approximate surface area is 114 Å². The number of ketones is 2. The molecule has 0 aromatic carbocycles. The summed E-state index contributed by atoms with van der Waals surface area (Å²) in [5.41, 5.74) is -1.68. The third kappa shape index (κ3) is 3.88. The van der Waals surface area contributed by atoms with E-state index in [1.807, 2.05) is 0 Å². The number of hydrogen-bond acceptors (Lipinski definition) is 4. The van der Waals surface area contributed by atoms with Crippen molar-refractivity contribution in [2.75, 3.05) is 0 Å². The second kappa shape index (κ2) is 5.85. The standard InChI is InChI=1S/C15H24O4/c1-5-11(16)8-10-15(9-6-7-12(15)17)13(18)19-14(2,3)4/h5-10H2,1-4H3/t15-/m1/s1. The fourth-order valence-corrected chi connectivity index (χ4v) is 2.42. The van der Waals surface area contributed by atoms with Crippen molar-refractivity contribution in [3.63, 3.8) is 0 Å². The summed E-state index contributed by atoms with van der Waals surface area (Å²) in [5.74, 6) is -0.431. The quantitative estimate of drug-likeness (QED) is 0.568. The fourth-order valence-electron chi connectivity index (χ4n) is 2.42. The summed E-state index contributed by atoms with van der Waals surface area (Å²) in [6, 6.07) is 0. The minimum absolute atomic E-state index is 0.0642. The molecule has 0 amide bonds. The molecule has 1 rings (SSSR count). The van der Waals surface area contributed by atoms with Crippen LogP contribution in [-0.4, -0.2) is 23.1 Å². The lowest BCUT2D eigenvalue weighted by molar-refractivity contribution is -0.169. The Morgan fingerprint density at radius 2 is 1.95 bits per heavy atom. The summed E-state index contributed by atoms with van der Waals surface area (Å²) in [6.07, 6.45) is 2.66. The molecule has 0 bridgehead atoms. The predicted molar refractivity (Wildman–Crippen MR) is 71.7 cm³/mol. The summed E-state index contributed by atoms with van der Waals surface area (Å²) in [6.45, 7) is 7.15. The number of carbonyl (C=O) groups is 3. The maximum absolute atomic E-state index is 12.3. The lowest BCUT2D eigenvalue weighted by atomic mass is 9.79. The summed E-state index contributed by atoms with van der Waals surface area (Å²) in [4.78, 5) is 35.9. The van der Waals surface area contributed by atoms with Crippen molar-refractivity contribution in [1.82, 2.24) is 0 Å². The Morgan fingerprint density at radius 3 is 2.37 bits per heavy atom. The maximum atomic E-state index is 12.3. The van der Waals surface area contributed by atoms with Crippen LogP contribution in [0.4, 0.5) is 0 Å². The van der Waals surface area contributed by atoms with E-state index >= 15 is 0 Å². The normalized spacial score (nSPS) is 23.5. The molecule has 0 N–H and O–H groups in total. The molecule has 0 radical (unpaired) electrons. The highest BCUT2D eigenvalue weighted by Gasteiger charge is 2.50. The molecule has 0 unspecified atom stereocenters. The van der Waals surface area contributed by atoms with Crippen LogP contribution in [0.3, 0.4) is 0 Å². The smallest absolute Gasteiger partial charge is 0.320 e. The monoisotopic (exact) mass is 268 g/mol. The third-order valence-electron chi connectivity index (χ3n) is 3.56. The van der Waals surface area contributed by atoms with E-state index in [2.05, 4.69) is 0 Å². The summed E-state index contributed by atoms with van der Waals surface area (Å²) in [7, 11) is 0. The zero-order valence-electron chi connectivity index (χ0n) is 12.4. The second-order valence-electron chi connectivity index (χ2n) is 6.25. The van der Waals surface area contributed by atoms with Crippen LogP contribution < -0.4 is 0 Å². The molecule has 0 spiro atoms. The lowest BCUT2D eigenvalue weighted by Gasteiger charge is -2.29. The van der Waals surface area contributed by atoms with E-state index < -0.39 is 17.0 Å². The average Bonchev–Trinajstić information content (AvgIpc) is 2.66. The van der Waals surface area contributed by atoms with Gasteiger partial charge in [0.05, 0.1) is 0 Å². The third-order valence-corrected chi connectivity index (χ3v) is 3.56. The van der Waals surface area contributed by atoms with Gasteiger partial charge in [0.2, 0.25) is 0 Å². The topological polar surface area (TPSA) is 60.4 Å². The van der Waals surface area contributed by atoms with Gasteiger partial charge in [0.15, 0.2) is 0 Å². The number of rotatable bonds is 5. The van der Waals surface area contributed by atoms with E-state index in [1.165, 1.54) is 0 Å². The molecule has 1 saturated carbocycles. The first-order valence-corrected chi connectivity index (χ1v) is 7.00. The molecule has 1 aliphatic rings. The number of esters is 1. The van der Waals surface area contributed by atoms with Crippen LogP contribution in [0.5, 0.6) is 0 Å². The van der Waals surface area contributed by atoms with Crippen molar-refractivity contribution in [2.24, 2.45) is 5.41 Å². The summed E-state index contributed by atoms with van der Waals surface area (Å²) in [5, 5.41) is 0. The lowest BCUT2D eigenvalue weighted by Crippen LogP contribution is -2.41. The van der Waals surface area contributed by atoms with Crippen molar-refractivity contribution in [3.05, 3.63) is 0 Å². The average molecular weight is 268 g/mol. The first-order valence-electron chi connectivity index (χ1n) is 7.00. The number of Topliss-reactive ketones (excluding diaryl/α,β-unsaturated/α-hetero) is 2. The predicted octanol–water partition coefficient (Wildman–Crippen LogP) is 2.83. The number of ether oxygens (including phenoxy) is 1. The van der Waals surface area contributed by atoms with Gasteiger partial charge in [-0.15, -0.1) is 0 Å². The molecule has 4 nitrogen and oxygen atoms in total. The summed E-state index contributed by atoms with van der Waals surface area (Å²) >= 11 is 0. The Bertz CT molecular complexity index is 378. The Kier molecular flexibility index (Phi) is 4.88. The molecule has 1 fully saturated rings. The molecule has 0 saturated heterocycles. The molecule has 1 atom stereocenters. The molecule has 108 valence electrons. The second-order valence-corrected chi connectivity index (χ2v) is 6.25. The zero-order valence-corrected chi connectivity index (χ0v) is 12.4. The van der Waals surface area contributed by atoms with Crippen LogP contribution >= 0.6 is 0 Å². The van der Waals surface area contributed by atoms with E-state index in [0.717, 1.165) is 0 Å². The SMILES string of the molecule is CCC(=O)CC[C@]1(C(=O)OC(C)(C)C)CCCC1=O. The van der Waals surface area contributed by atoms with Crippen molar-refractivity contribution >= 4 is 17.5 Å². The fraction of sp³-hybridized carbons (Fsp3) is 0.800. The summed E-state index contributed by atoms with van der Waals surface area (Å²) < 4.78 is 5.39. The molecule has 0 heterocycles. The van der Waals surface area contributed by atoms with Gasteiger partial charge in [-0.2, -0.15) is 0 Å². The minimum Gasteiger partial charge on any atom is -0.459 e. The van der Waals surface area contributed by atoms with Crippen LogP contribution in [0.1, 0.15) is 66.2 Å². The Hall–Kier alpha value is -1.19. The molecular formula is C15H24O4. The van der Waals surface area contributed by atoms with E-state index in [9.17, 15) is 14.4 Å². The van der Waals surface area contributed by atoms with Crippen molar-refractivity contribution in [2.45, 2.75) is 71.8 Å². The first-order chi connectivity index (χ1) is 8.71. The number of carbonyl (C=O) groups excluding carboxylic acids is 3. The molecule has 4 heteroatoms. The highest BCUT2D eigenvalue weighted by Crippen LogP contribution is 2.41. The molecular weight excluding hydrogens is 244 g/mol. The number of hydrogen-bond donors (Lipinski definition) is 0. The van der Waals surface area contributed by atoms with Gasteiger partial charge in [-0.05, 0) is 40.0 Å². The van der Waals surface area contributed by atoms with E-state index in [4.69, 9.17) is 4.74 Å². The minimum atomic E-state index is -1.07. The van der Waals surface area contributed by atoms with E-state index in [0.29, 0.717) is 32.1 Å². The van der Waals surface area contributed by atoms with Crippen molar-refractivity contribution in [1.29, 1.82) is 0 Å². The molecule has 19 heavy (non-hydrogen) atoms. The van der Waals surface area contributed by atoms with Crippen LogP contribution in [0.15, 0.2) is 0 Å². The zero-order chi connectivity index (χ0) is 14.7. The van der Waals surface area contributed by atoms with Crippen LogP contribution in [0, 0.1) is 5.41 Å². The van der Waals surface area contributed by atoms with Crippen molar-refractivity contribution < 1.29 is 19.1 Å². The van der Waals surface area contributed by atoms with Gasteiger partial charge in [-0.25, -0.2) is 0 Å². The van der Waals surface area contributed by atoms with Gasteiger partial charge >= 0.3 is 5.97 Å². The van der Waals surface area contributed by atoms with Crippen LogP contribution in [0.2, 0.25) is 0 Å². The van der Waals surface area contributed by atoms with Crippen molar-refractivity contribution in [3.8, 4) is 0 Å². The van der Waals surface area contributed by atoms with Crippen LogP contribution in [0.25, 0.3) is 0 Å². The van der Waals surface area contributed by atoms with Gasteiger partial charge in [0, 0.05) is 19.3 Å². The highest BCUT2D eigenvalue weighted by molar-refractivity contribution is 6.05. The van der Waals surface area contributed by atoms with Gasteiger partial charge in [-0.3, -0.25) is 14.4 Å². The highest BCUT2D eigenvalue weighted by atomic mass is 16.6. The van der Waals surface area contributed by atoms with Gasteiger partial charge in [-0.1, -0.05) is 6.92 Å². The Morgan fingerprint density at radius 1 is 1.32 bits per heavy atom. The van der Waals surface area contributed by atoms with E-state index in [1.54, 1.807) is 27.7 Å². The molecule has 0 aliphatic heterocycles. The van der Waals surface area contributed by atoms with E-state index in [-0.39, 0.29) is 18.0 Å². The largest absolute Gasteiger partial charge is 0.459 e.